The summed E-state index contributed by atoms with van der Waals surface area (Å²) in [5.74, 6) is 0. The molecule has 9 N–H and O–H groups in total. The summed E-state index contributed by atoms with van der Waals surface area (Å²) in [5, 5.41) is 67.3. The highest BCUT2D eigenvalue weighted by atomic mass is 16.7. The summed E-state index contributed by atoms with van der Waals surface area (Å²) in [4.78, 5) is 0. The molecular formula is C14H27NO10. The van der Waals surface area contributed by atoms with Gasteiger partial charge >= 0.3 is 0 Å². The van der Waals surface area contributed by atoms with Gasteiger partial charge in [-0.15, -0.1) is 0 Å². The molecule has 0 amide bonds. The van der Waals surface area contributed by atoms with Crippen molar-refractivity contribution in [1.29, 1.82) is 0 Å². The van der Waals surface area contributed by atoms with Gasteiger partial charge in [-0.05, 0) is 0 Å². The summed E-state index contributed by atoms with van der Waals surface area (Å²) in [6.45, 7) is -1.09. The fourth-order valence-corrected chi connectivity index (χ4v) is 2.85. The number of aliphatic hydroxyl groups excluding tert-OH is 7. The lowest BCUT2D eigenvalue weighted by Gasteiger charge is -2.41. The lowest BCUT2D eigenvalue weighted by molar-refractivity contribution is -0.269. The SMILES string of the molecule is N[C@@H]1C(O)C[C@@H](OCC2OCC(O)C(O)[C@H]2O)OC1C(O)C(O)CO. The van der Waals surface area contributed by atoms with Gasteiger partial charge < -0.3 is 55.7 Å². The molecule has 11 nitrogen and oxygen atoms in total. The lowest BCUT2D eigenvalue weighted by Crippen LogP contribution is -2.61. The van der Waals surface area contributed by atoms with Crippen LogP contribution < -0.4 is 5.73 Å². The van der Waals surface area contributed by atoms with Crippen LogP contribution in [0.1, 0.15) is 6.42 Å². The van der Waals surface area contributed by atoms with Crippen LogP contribution in [0, 0.1) is 0 Å². The van der Waals surface area contributed by atoms with Crippen molar-refractivity contribution in [1.82, 2.24) is 0 Å². The standard InChI is InChI=1S/C14H27NO10/c15-10-5(17)1-9(25-14(10)12(21)6(18)2-16)24-4-8-13(22)11(20)7(19)3-23-8/h5-14,16-22H,1-4,15H2/t5?,6?,7?,8?,9-,10+,11?,12?,13-,14?/m0/s1. The average molecular weight is 369 g/mol. The van der Waals surface area contributed by atoms with Crippen LogP contribution in [-0.2, 0) is 14.2 Å². The largest absolute Gasteiger partial charge is 0.394 e. The first kappa shape index (κ1) is 20.9. The lowest BCUT2D eigenvalue weighted by atomic mass is 9.93. The maximum absolute atomic E-state index is 9.99. The molecule has 25 heavy (non-hydrogen) atoms. The van der Waals surface area contributed by atoms with E-state index in [1.807, 2.05) is 0 Å². The summed E-state index contributed by atoms with van der Waals surface area (Å²) in [6, 6.07) is -0.996. The Bertz CT molecular complexity index is 415. The summed E-state index contributed by atoms with van der Waals surface area (Å²) in [7, 11) is 0. The van der Waals surface area contributed by atoms with Crippen LogP contribution in [0.15, 0.2) is 0 Å². The van der Waals surface area contributed by atoms with Crippen LogP contribution in [0.5, 0.6) is 0 Å². The van der Waals surface area contributed by atoms with E-state index in [0.717, 1.165) is 0 Å². The van der Waals surface area contributed by atoms with E-state index >= 15 is 0 Å². The molecule has 0 bridgehead atoms. The molecule has 2 rings (SSSR count). The van der Waals surface area contributed by atoms with Crippen LogP contribution in [0.4, 0.5) is 0 Å². The molecule has 0 aromatic carbocycles. The Labute approximate surface area is 144 Å². The van der Waals surface area contributed by atoms with Gasteiger partial charge in [0, 0.05) is 6.42 Å². The molecule has 0 aromatic heterocycles. The average Bonchev–Trinajstić information content (AvgIpc) is 2.60. The van der Waals surface area contributed by atoms with Crippen molar-refractivity contribution in [2.75, 3.05) is 19.8 Å². The quantitative estimate of drug-likeness (QED) is 0.223. The molecule has 148 valence electrons. The monoisotopic (exact) mass is 369 g/mol. The van der Waals surface area contributed by atoms with Crippen molar-refractivity contribution in [3.05, 3.63) is 0 Å². The summed E-state index contributed by atoms with van der Waals surface area (Å²) in [5.41, 5.74) is 5.76. The summed E-state index contributed by atoms with van der Waals surface area (Å²) in [6.07, 6.45) is -11.2. The highest BCUT2D eigenvalue weighted by Gasteiger charge is 2.43. The third-order valence-corrected chi connectivity index (χ3v) is 4.54. The molecule has 0 aliphatic carbocycles. The summed E-state index contributed by atoms with van der Waals surface area (Å²) < 4.78 is 16.1. The van der Waals surface area contributed by atoms with Crippen LogP contribution >= 0.6 is 0 Å². The van der Waals surface area contributed by atoms with Crippen LogP contribution in [-0.4, -0.2) is 117 Å². The number of hydrogen-bond donors (Lipinski definition) is 8. The number of nitrogens with two attached hydrogens (primary N) is 1. The Hall–Kier alpha value is -0.440. The van der Waals surface area contributed by atoms with Gasteiger partial charge in [-0.2, -0.15) is 0 Å². The number of hydrogen-bond acceptors (Lipinski definition) is 11. The molecule has 11 heteroatoms. The Morgan fingerprint density at radius 2 is 1.76 bits per heavy atom. The molecule has 2 saturated heterocycles. The van der Waals surface area contributed by atoms with Crippen LogP contribution in [0.2, 0.25) is 0 Å². The van der Waals surface area contributed by atoms with E-state index in [1.54, 1.807) is 0 Å². The normalized spacial score (nSPS) is 45.1. The fourth-order valence-electron chi connectivity index (χ4n) is 2.85. The van der Waals surface area contributed by atoms with E-state index in [4.69, 9.17) is 25.1 Å². The molecule has 2 heterocycles. The zero-order valence-electron chi connectivity index (χ0n) is 13.5. The van der Waals surface area contributed by atoms with Crippen molar-refractivity contribution in [3.8, 4) is 0 Å². The third-order valence-electron chi connectivity index (χ3n) is 4.54. The second kappa shape index (κ2) is 8.97. The van der Waals surface area contributed by atoms with Crippen molar-refractivity contribution in [3.63, 3.8) is 0 Å². The third kappa shape index (κ3) is 4.84. The van der Waals surface area contributed by atoms with E-state index in [9.17, 15) is 30.6 Å². The van der Waals surface area contributed by atoms with Gasteiger partial charge in [-0.25, -0.2) is 0 Å². The molecule has 2 aliphatic rings. The Balaban J connectivity index is 1.91. The van der Waals surface area contributed by atoms with E-state index in [2.05, 4.69) is 0 Å². The van der Waals surface area contributed by atoms with E-state index in [-0.39, 0.29) is 19.6 Å². The molecular weight excluding hydrogens is 342 g/mol. The van der Waals surface area contributed by atoms with Crippen molar-refractivity contribution < 1.29 is 50.0 Å². The van der Waals surface area contributed by atoms with Crippen molar-refractivity contribution in [2.24, 2.45) is 5.73 Å². The second-order valence-electron chi connectivity index (χ2n) is 6.40. The molecule has 0 radical (unpaired) electrons. The first-order valence-corrected chi connectivity index (χ1v) is 8.09. The zero-order chi connectivity index (χ0) is 18.7. The van der Waals surface area contributed by atoms with Gasteiger partial charge in [0.2, 0.25) is 0 Å². The first-order chi connectivity index (χ1) is 11.8. The topological polar surface area (TPSA) is 195 Å². The molecule has 0 spiro atoms. The Kier molecular flexibility index (Phi) is 7.49. The number of rotatable bonds is 6. The minimum Gasteiger partial charge on any atom is -0.394 e. The van der Waals surface area contributed by atoms with Gasteiger partial charge in [-0.1, -0.05) is 0 Å². The Morgan fingerprint density at radius 1 is 1.08 bits per heavy atom. The van der Waals surface area contributed by atoms with Gasteiger partial charge in [0.25, 0.3) is 0 Å². The fraction of sp³-hybridized carbons (Fsp3) is 1.00. The molecule has 2 fully saturated rings. The van der Waals surface area contributed by atoms with Crippen LogP contribution in [0.3, 0.4) is 0 Å². The molecule has 10 atom stereocenters. The van der Waals surface area contributed by atoms with Crippen molar-refractivity contribution >= 4 is 0 Å². The minimum absolute atomic E-state index is 0.0202. The predicted molar refractivity (Wildman–Crippen MR) is 80.1 cm³/mol. The minimum atomic E-state index is -1.53. The second-order valence-corrected chi connectivity index (χ2v) is 6.40. The molecule has 0 aromatic rings. The molecule has 7 unspecified atom stereocenters. The summed E-state index contributed by atoms with van der Waals surface area (Å²) >= 11 is 0. The highest BCUT2D eigenvalue weighted by molar-refractivity contribution is 4.93. The van der Waals surface area contributed by atoms with E-state index < -0.39 is 67.8 Å². The first-order valence-electron chi connectivity index (χ1n) is 8.09. The van der Waals surface area contributed by atoms with Gasteiger partial charge in [0.15, 0.2) is 6.29 Å². The van der Waals surface area contributed by atoms with E-state index in [0.29, 0.717) is 0 Å². The van der Waals surface area contributed by atoms with Gasteiger partial charge in [0.05, 0.1) is 32.0 Å². The Morgan fingerprint density at radius 3 is 2.40 bits per heavy atom. The van der Waals surface area contributed by atoms with Gasteiger partial charge in [-0.3, -0.25) is 0 Å². The van der Waals surface area contributed by atoms with Crippen molar-refractivity contribution in [2.45, 2.75) is 67.6 Å². The van der Waals surface area contributed by atoms with E-state index in [1.165, 1.54) is 0 Å². The molecule has 0 saturated carbocycles. The maximum atomic E-state index is 9.99. The number of ether oxygens (including phenoxy) is 3. The predicted octanol–water partition coefficient (Wildman–Crippen LogP) is -5.00. The van der Waals surface area contributed by atoms with Gasteiger partial charge in [0.1, 0.15) is 42.7 Å². The zero-order valence-corrected chi connectivity index (χ0v) is 13.5. The smallest absolute Gasteiger partial charge is 0.160 e. The highest BCUT2D eigenvalue weighted by Crippen LogP contribution is 2.25. The number of aliphatic hydroxyl groups is 7. The van der Waals surface area contributed by atoms with Crippen LogP contribution in [0.25, 0.3) is 0 Å². The molecule has 2 aliphatic heterocycles. The maximum Gasteiger partial charge on any atom is 0.160 e.